The second-order valence-electron chi connectivity index (χ2n) is 12.6. The summed E-state index contributed by atoms with van der Waals surface area (Å²) in [6.45, 7) is 0.859. The molecule has 0 saturated heterocycles. The third-order valence-corrected chi connectivity index (χ3v) is 11.1. The van der Waals surface area contributed by atoms with Gasteiger partial charge in [0, 0.05) is 23.5 Å². The fourth-order valence-electron chi connectivity index (χ4n) is 6.13. The molecule has 1 unspecified atom stereocenters. The third kappa shape index (κ3) is 9.54. The first kappa shape index (κ1) is 37.1. The van der Waals surface area contributed by atoms with Crippen molar-refractivity contribution in [1.29, 1.82) is 0 Å². The Morgan fingerprint density at radius 1 is 0.860 bits per heavy atom. The van der Waals surface area contributed by atoms with Crippen LogP contribution >= 0.6 is 15.9 Å². The molecule has 2 amide bonds. The van der Waals surface area contributed by atoms with Crippen molar-refractivity contribution in [2.24, 2.45) is 0 Å². The average molecular weight is 771 g/mol. The zero-order valence-corrected chi connectivity index (χ0v) is 30.0. The number of rotatable bonds is 12. The maximum absolute atomic E-state index is 14.7. The molecule has 0 heterocycles. The molecule has 1 atom stereocenters. The van der Waals surface area contributed by atoms with Crippen molar-refractivity contribution < 1.29 is 31.2 Å². The number of nitrogens with zero attached hydrogens (tertiary/aromatic N) is 2. The van der Waals surface area contributed by atoms with E-state index in [0.29, 0.717) is 9.87 Å². The van der Waals surface area contributed by atoms with E-state index >= 15 is 0 Å². The Balaban J connectivity index is 1.60. The third-order valence-electron chi connectivity index (χ3n) is 8.81. The van der Waals surface area contributed by atoms with Crippen LogP contribution in [0, 0.1) is 6.92 Å². The summed E-state index contributed by atoms with van der Waals surface area (Å²) in [6.07, 6.45) is 0.00414. The highest BCUT2D eigenvalue weighted by molar-refractivity contribution is 9.10. The van der Waals surface area contributed by atoms with E-state index in [1.54, 1.807) is 37.3 Å². The van der Waals surface area contributed by atoms with Gasteiger partial charge in [0.15, 0.2) is 0 Å². The van der Waals surface area contributed by atoms with E-state index in [4.69, 9.17) is 0 Å². The van der Waals surface area contributed by atoms with E-state index < -0.39 is 40.3 Å². The lowest BCUT2D eigenvalue weighted by Gasteiger charge is -2.35. The molecule has 50 heavy (non-hydrogen) atoms. The summed E-state index contributed by atoms with van der Waals surface area (Å²) in [7, 11) is -4.56. The van der Waals surface area contributed by atoms with Crippen molar-refractivity contribution in [3.63, 3.8) is 0 Å². The number of nitrogens with one attached hydrogen (secondary N) is 1. The van der Waals surface area contributed by atoms with E-state index in [1.807, 2.05) is 36.4 Å². The van der Waals surface area contributed by atoms with Gasteiger partial charge in [-0.2, -0.15) is 13.2 Å². The van der Waals surface area contributed by atoms with E-state index in [0.717, 1.165) is 65.9 Å². The minimum Gasteiger partial charge on any atom is -0.352 e. The molecular formula is C38H39BrF3N3O4S. The highest BCUT2D eigenvalue weighted by Crippen LogP contribution is 2.34. The van der Waals surface area contributed by atoms with Gasteiger partial charge in [-0.15, -0.1) is 0 Å². The SMILES string of the molecule is Cc1ccc(S(=O)(=O)N(CC(=O)N(Cc2cccc(Br)c2)C(Cc2ccccc2)C(=O)NC2CCCCC2)c2cccc(C(F)(F)F)c2)cc1. The van der Waals surface area contributed by atoms with Gasteiger partial charge in [0.2, 0.25) is 11.8 Å². The zero-order chi connectivity index (χ0) is 35.9. The highest BCUT2D eigenvalue weighted by atomic mass is 79.9. The number of benzene rings is 4. The number of carbonyl (C=O) groups excluding carboxylic acids is 2. The monoisotopic (exact) mass is 769 g/mol. The van der Waals surface area contributed by atoms with Crippen LogP contribution in [0.1, 0.15) is 54.4 Å². The van der Waals surface area contributed by atoms with E-state index in [1.165, 1.54) is 23.1 Å². The Hall–Kier alpha value is -4.16. The number of hydrogen-bond donors (Lipinski definition) is 1. The lowest BCUT2D eigenvalue weighted by molar-refractivity contribution is -0.140. The summed E-state index contributed by atoms with van der Waals surface area (Å²) < 4.78 is 71.4. The second-order valence-corrected chi connectivity index (χ2v) is 15.4. The first-order chi connectivity index (χ1) is 23.8. The number of hydrogen-bond acceptors (Lipinski definition) is 4. The van der Waals surface area contributed by atoms with Crippen LogP contribution in [0.25, 0.3) is 0 Å². The van der Waals surface area contributed by atoms with Gasteiger partial charge in [0.05, 0.1) is 16.1 Å². The molecule has 0 aromatic heterocycles. The Morgan fingerprint density at radius 3 is 2.18 bits per heavy atom. The van der Waals surface area contributed by atoms with Crippen molar-refractivity contribution in [1.82, 2.24) is 10.2 Å². The molecule has 264 valence electrons. The van der Waals surface area contributed by atoms with Crippen LogP contribution in [-0.4, -0.2) is 43.8 Å². The summed E-state index contributed by atoms with van der Waals surface area (Å²) in [4.78, 5) is 30.0. The van der Waals surface area contributed by atoms with Crippen molar-refractivity contribution in [3.8, 4) is 0 Å². The van der Waals surface area contributed by atoms with Gasteiger partial charge in [-0.3, -0.25) is 13.9 Å². The highest BCUT2D eigenvalue weighted by Gasteiger charge is 2.37. The van der Waals surface area contributed by atoms with Crippen LogP contribution in [0.5, 0.6) is 0 Å². The Labute approximate surface area is 299 Å². The number of halogens is 4. The maximum atomic E-state index is 14.7. The first-order valence-corrected chi connectivity index (χ1v) is 18.7. The molecule has 1 saturated carbocycles. The summed E-state index contributed by atoms with van der Waals surface area (Å²) in [5.74, 6) is -1.13. The van der Waals surface area contributed by atoms with Crippen LogP contribution < -0.4 is 9.62 Å². The van der Waals surface area contributed by atoms with Gasteiger partial charge in [0.25, 0.3) is 10.0 Å². The number of aryl methyl sites for hydroxylation is 1. The predicted molar refractivity (Wildman–Crippen MR) is 191 cm³/mol. The molecule has 1 N–H and O–H groups in total. The van der Waals surface area contributed by atoms with Gasteiger partial charge >= 0.3 is 6.18 Å². The molecule has 0 bridgehead atoms. The van der Waals surface area contributed by atoms with Crippen LogP contribution in [0.4, 0.5) is 18.9 Å². The molecule has 0 radical (unpaired) electrons. The van der Waals surface area contributed by atoms with Crippen molar-refractivity contribution in [2.75, 3.05) is 10.8 Å². The minimum atomic E-state index is -4.76. The molecule has 7 nitrogen and oxygen atoms in total. The topological polar surface area (TPSA) is 86.8 Å². The zero-order valence-electron chi connectivity index (χ0n) is 27.6. The lowest BCUT2D eigenvalue weighted by atomic mass is 9.94. The Bertz CT molecular complexity index is 1880. The molecule has 0 aliphatic heterocycles. The van der Waals surface area contributed by atoms with Gasteiger partial charge in [0.1, 0.15) is 12.6 Å². The summed E-state index contributed by atoms with van der Waals surface area (Å²) in [5.41, 5.74) is 0.834. The quantitative estimate of drug-likeness (QED) is 0.158. The van der Waals surface area contributed by atoms with Crippen molar-refractivity contribution >= 4 is 43.5 Å². The number of amides is 2. The normalized spacial score (nSPS) is 14.5. The van der Waals surface area contributed by atoms with Gasteiger partial charge < -0.3 is 10.2 Å². The van der Waals surface area contributed by atoms with E-state index in [-0.39, 0.29) is 35.5 Å². The molecule has 1 fully saturated rings. The minimum absolute atomic E-state index is 0.0606. The Kier molecular flexibility index (Phi) is 12.1. The second kappa shape index (κ2) is 16.2. The summed E-state index contributed by atoms with van der Waals surface area (Å²) in [5, 5.41) is 3.14. The predicted octanol–water partition coefficient (Wildman–Crippen LogP) is 8.06. The first-order valence-electron chi connectivity index (χ1n) is 16.5. The molecule has 0 spiro atoms. The molecule has 12 heteroatoms. The van der Waals surface area contributed by atoms with Gasteiger partial charge in [-0.1, -0.05) is 101 Å². The van der Waals surface area contributed by atoms with Crippen LogP contribution in [0.3, 0.4) is 0 Å². The Morgan fingerprint density at radius 2 is 1.52 bits per heavy atom. The number of anilines is 1. The number of sulfonamides is 1. The molecule has 5 rings (SSSR count). The van der Waals surface area contributed by atoms with Gasteiger partial charge in [-0.25, -0.2) is 8.42 Å². The van der Waals surface area contributed by atoms with Crippen molar-refractivity contribution in [2.45, 2.75) is 75.1 Å². The molecule has 1 aliphatic carbocycles. The van der Waals surface area contributed by atoms with E-state index in [9.17, 15) is 31.2 Å². The molecule has 4 aromatic rings. The largest absolute Gasteiger partial charge is 0.416 e. The van der Waals surface area contributed by atoms with Crippen LogP contribution in [0.2, 0.25) is 0 Å². The summed E-state index contributed by atoms with van der Waals surface area (Å²) in [6, 6.07) is 25.0. The fraction of sp³-hybridized carbons (Fsp3) is 0.316. The smallest absolute Gasteiger partial charge is 0.352 e. The van der Waals surface area contributed by atoms with Gasteiger partial charge in [-0.05, 0) is 73.4 Å². The molecule has 1 aliphatic rings. The average Bonchev–Trinajstić information content (AvgIpc) is 3.09. The van der Waals surface area contributed by atoms with E-state index in [2.05, 4.69) is 21.2 Å². The van der Waals surface area contributed by atoms with Crippen LogP contribution in [-0.2, 0) is 38.8 Å². The number of carbonyl (C=O) groups is 2. The lowest BCUT2D eigenvalue weighted by Crippen LogP contribution is -2.55. The summed E-state index contributed by atoms with van der Waals surface area (Å²) >= 11 is 3.46. The number of alkyl halides is 3. The van der Waals surface area contributed by atoms with Crippen LogP contribution in [0.15, 0.2) is 112 Å². The molecular weight excluding hydrogens is 731 g/mol. The fourth-order valence-corrected chi connectivity index (χ4v) is 7.99. The van der Waals surface area contributed by atoms with Crippen molar-refractivity contribution in [3.05, 3.63) is 130 Å². The maximum Gasteiger partial charge on any atom is 0.416 e. The molecule has 4 aromatic carbocycles. The standard InChI is InChI=1S/C38H39BrF3N3O4S/c1-27-18-20-34(21-19-27)50(48,49)45(33-17-9-13-30(24-33)38(40,41)42)26-36(46)44(25-29-12-8-14-31(39)22-29)35(23-28-10-4-2-5-11-28)37(47)43-32-15-6-3-7-16-32/h2,4-5,8-14,17-22,24,32,35H,3,6-7,15-16,23,25-26H2,1H3,(H,43,47).